The van der Waals surface area contributed by atoms with Crippen LogP contribution in [0.25, 0.3) is 0 Å². The van der Waals surface area contributed by atoms with E-state index in [-0.39, 0.29) is 6.04 Å². The van der Waals surface area contributed by atoms with E-state index in [4.69, 9.17) is 0 Å². The molecule has 0 aliphatic carbocycles. The van der Waals surface area contributed by atoms with Gasteiger partial charge in [0.05, 0.1) is 11.7 Å². The minimum atomic E-state index is -0.575. The third kappa shape index (κ3) is 3.38. The van der Waals surface area contributed by atoms with Gasteiger partial charge in [0.2, 0.25) is 0 Å². The van der Waals surface area contributed by atoms with E-state index in [0.717, 1.165) is 24.7 Å². The number of aromatic nitrogens is 2. The molecule has 19 heavy (non-hydrogen) atoms. The Morgan fingerprint density at radius 2 is 1.95 bits per heavy atom. The second kappa shape index (κ2) is 5.93. The Morgan fingerprint density at radius 1 is 1.26 bits per heavy atom. The fourth-order valence-electron chi connectivity index (χ4n) is 2.01. The Hall–Kier alpha value is -1.75. The van der Waals surface area contributed by atoms with Crippen LogP contribution in [0.15, 0.2) is 30.5 Å². The Balaban J connectivity index is 2.36. The van der Waals surface area contributed by atoms with Crippen LogP contribution in [0.3, 0.4) is 0 Å². The van der Waals surface area contributed by atoms with Crippen molar-refractivity contribution in [1.82, 2.24) is 15.1 Å². The van der Waals surface area contributed by atoms with Crippen LogP contribution in [0.1, 0.15) is 30.6 Å². The van der Waals surface area contributed by atoms with E-state index >= 15 is 0 Å². The van der Waals surface area contributed by atoms with E-state index in [1.54, 1.807) is 4.68 Å². The van der Waals surface area contributed by atoms with Crippen molar-refractivity contribution in [1.29, 1.82) is 0 Å². The van der Waals surface area contributed by atoms with Gasteiger partial charge in [0.25, 0.3) is 0 Å². The molecule has 1 atom stereocenters. The number of benzene rings is 1. The molecule has 0 aliphatic rings. The third-order valence-electron chi connectivity index (χ3n) is 2.85. The molecule has 2 rings (SSSR count). The molecule has 102 valence electrons. The largest absolute Gasteiger partial charge is 0.305 e. The molecule has 0 bridgehead atoms. The first-order valence-electron chi connectivity index (χ1n) is 6.29. The average molecular weight is 265 g/mol. The molecule has 1 unspecified atom stereocenters. The zero-order chi connectivity index (χ0) is 13.8. The molecule has 1 aromatic heterocycles. The van der Waals surface area contributed by atoms with Crippen molar-refractivity contribution in [2.24, 2.45) is 7.05 Å². The van der Waals surface area contributed by atoms with Gasteiger partial charge in [-0.1, -0.05) is 6.92 Å². The number of aryl methyl sites for hydroxylation is 1. The Morgan fingerprint density at radius 3 is 2.47 bits per heavy atom. The van der Waals surface area contributed by atoms with Gasteiger partial charge >= 0.3 is 0 Å². The number of halogens is 2. The van der Waals surface area contributed by atoms with Crippen LogP contribution in [0.4, 0.5) is 8.78 Å². The van der Waals surface area contributed by atoms with E-state index < -0.39 is 11.6 Å². The predicted octanol–water partition coefficient (Wildman–Crippen LogP) is 2.79. The van der Waals surface area contributed by atoms with Crippen LogP contribution in [-0.4, -0.2) is 16.3 Å². The molecular formula is C14H17F2N3. The molecule has 0 aliphatic heterocycles. The normalized spacial score (nSPS) is 12.6. The summed E-state index contributed by atoms with van der Waals surface area (Å²) in [5.41, 5.74) is 1.30. The molecule has 3 nitrogen and oxygen atoms in total. The molecule has 1 heterocycles. The first-order valence-corrected chi connectivity index (χ1v) is 6.29. The van der Waals surface area contributed by atoms with E-state index in [0.29, 0.717) is 5.56 Å². The van der Waals surface area contributed by atoms with Crippen molar-refractivity contribution in [3.05, 3.63) is 53.4 Å². The summed E-state index contributed by atoms with van der Waals surface area (Å²) >= 11 is 0. The quantitative estimate of drug-likeness (QED) is 0.901. The predicted molar refractivity (Wildman–Crippen MR) is 69.7 cm³/mol. The van der Waals surface area contributed by atoms with E-state index in [2.05, 4.69) is 10.4 Å². The Bertz CT molecular complexity index is 531. The number of nitrogens with one attached hydrogen (secondary N) is 1. The summed E-state index contributed by atoms with van der Waals surface area (Å²) in [7, 11) is 1.81. The number of rotatable bonds is 5. The smallest absolute Gasteiger partial charge is 0.126 e. The van der Waals surface area contributed by atoms with Crippen LogP contribution in [0, 0.1) is 11.6 Å². The number of hydrogen-bond donors (Lipinski definition) is 1. The zero-order valence-corrected chi connectivity index (χ0v) is 11.0. The number of hydrogen-bond acceptors (Lipinski definition) is 2. The molecule has 0 saturated carbocycles. The summed E-state index contributed by atoms with van der Waals surface area (Å²) in [4.78, 5) is 0. The highest BCUT2D eigenvalue weighted by atomic mass is 19.1. The van der Waals surface area contributed by atoms with E-state index in [1.807, 2.05) is 26.2 Å². The summed E-state index contributed by atoms with van der Waals surface area (Å²) in [6.45, 7) is 2.79. The van der Waals surface area contributed by atoms with Crippen LogP contribution in [-0.2, 0) is 7.05 Å². The summed E-state index contributed by atoms with van der Waals surface area (Å²) in [5, 5.41) is 7.57. The minimum Gasteiger partial charge on any atom is -0.305 e. The fraction of sp³-hybridized carbons (Fsp3) is 0.357. The topological polar surface area (TPSA) is 29.9 Å². The lowest BCUT2D eigenvalue weighted by Crippen LogP contribution is -2.24. The van der Waals surface area contributed by atoms with E-state index in [1.165, 1.54) is 12.1 Å². The minimum absolute atomic E-state index is 0.300. The summed E-state index contributed by atoms with van der Waals surface area (Å²) in [6.07, 6.45) is 2.74. The van der Waals surface area contributed by atoms with Crippen molar-refractivity contribution < 1.29 is 8.78 Å². The van der Waals surface area contributed by atoms with Crippen molar-refractivity contribution in [3.63, 3.8) is 0 Å². The van der Waals surface area contributed by atoms with Gasteiger partial charge in [-0.15, -0.1) is 0 Å². The van der Waals surface area contributed by atoms with Crippen molar-refractivity contribution in [3.8, 4) is 0 Å². The fourth-order valence-corrected chi connectivity index (χ4v) is 2.01. The first kappa shape index (κ1) is 13.7. The highest BCUT2D eigenvalue weighted by molar-refractivity contribution is 5.28. The monoisotopic (exact) mass is 265 g/mol. The Labute approximate surface area is 111 Å². The van der Waals surface area contributed by atoms with Crippen LogP contribution < -0.4 is 5.32 Å². The molecule has 0 saturated heterocycles. The molecule has 0 radical (unpaired) electrons. The lowest BCUT2D eigenvalue weighted by atomic mass is 10.0. The van der Waals surface area contributed by atoms with Gasteiger partial charge in [-0.05, 0) is 36.7 Å². The summed E-state index contributed by atoms with van der Waals surface area (Å²) < 4.78 is 28.3. The van der Waals surface area contributed by atoms with Crippen molar-refractivity contribution >= 4 is 0 Å². The average Bonchev–Trinajstić information content (AvgIpc) is 2.75. The van der Waals surface area contributed by atoms with Gasteiger partial charge in [0.1, 0.15) is 11.6 Å². The third-order valence-corrected chi connectivity index (χ3v) is 2.85. The second-order valence-electron chi connectivity index (χ2n) is 4.50. The maximum absolute atomic E-state index is 13.3. The van der Waals surface area contributed by atoms with Gasteiger partial charge in [-0.3, -0.25) is 4.68 Å². The molecule has 0 spiro atoms. The molecular weight excluding hydrogens is 248 g/mol. The van der Waals surface area contributed by atoms with Crippen molar-refractivity contribution in [2.45, 2.75) is 19.4 Å². The van der Waals surface area contributed by atoms with Gasteiger partial charge in [0, 0.05) is 19.3 Å². The molecule has 2 aromatic rings. The first-order chi connectivity index (χ1) is 9.10. The van der Waals surface area contributed by atoms with Crippen LogP contribution in [0.5, 0.6) is 0 Å². The second-order valence-corrected chi connectivity index (χ2v) is 4.50. The molecule has 1 N–H and O–H groups in total. The van der Waals surface area contributed by atoms with Gasteiger partial charge in [0.15, 0.2) is 0 Å². The maximum Gasteiger partial charge on any atom is 0.126 e. The SMILES string of the molecule is CCCNC(c1cc(F)cc(F)c1)c1ccn(C)n1. The maximum atomic E-state index is 13.3. The highest BCUT2D eigenvalue weighted by Crippen LogP contribution is 2.22. The van der Waals surface area contributed by atoms with Gasteiger partial charge < -0.3 is 5.32 Å². The molecule has 0 fully saturated rings. The number of nitrogens with zero attached hydrogens (tertiary/aromatic N) is 2. The Kier molecular flexibility index (Phi) is 4.27. The van der Waals surface area contributed by atoms with Crippen molar-refractivity contribution in [2.75, 3.05) is 6.54 Å². The molecule has 0 amide bonds. The lowest BCUT2D eigenvalue weighted by Gasteiger charge is -2.17. The zero-order valence-electron chi connectivity index (χ0n) is 11.0. The molecule has 1 aromatic carbocycles. The standard InChI is InChI=1S/C14H17F2N3/c1-3-5-17-14(13-4-6-19(2)18-13)10-7-11(15)9-12(16)8-10/h4,6-9,14,17H,3,5H2,1-2H3. The molecule has 5 heteroatoms. The summed E-state index contributed by atoms with van der Waals surface area (Å²) in [6, 6.07) is 5.09. The van der Waals surface area contributed by atoms with Crippen LogP contribution >= 0.6 is 0 Å². The summed E-state index contributed by atoms with van der Waals surface area (Å²) in [5.74, 6) is -1.15. The highest BCUT2D eigenvalue weighted by Gasteiger charge is 2.17. The lowest BCUT2D eigenvalue weighted by molar-refractivity contribution is 0.549. The van der Waals surface area contributed by atoms with Gasteiger partial charge in [-0.25, -0.2) is 8.78 Å². The van der Waals surface area contributed by atoms with Gasteiger partial charge in [-0.2, -0.15) is 5.10 Å². The van der Waals surface area contributed by atoms with Crippen LogP contribution in [0.2, 0.25) is 0 Å². The van der Waals surface area contributed by atoms with E-state index in [9.17, 15) is 8.78 Å².